The van der Waals surface area contributed by atoms with E-state index in [-0.39, 0.29) is 31.4 Å². The minimum absolute atomic E-state index is 0.0669. The van der Waals surface area contributed by atoms with E-state index in [2.05, 4.69) is 9.71 Å². The van der Waals surface area contributed by atoms with Gasteiger partial charge in [0.25, 0.3) is 5.56 Å². The van der Waals surface area contributed by atoms with Gasteiger partial charge in [0.2, 0.25) is 15.9 Å². The maximum absolute atomic E-state index is 14.7. The highest BCUT2D eigenvalue weighted by Gasteiger charge is 2.38. The average Bonchev–Trinajstić information content (AvgIpc) is 3.76. The molecule has 6 rings (SSSR count). The van der Waals surface area contributed by atoms with Gasteiger partial charge in [-0.3, -0.25) is 13.9 Å². The van der Waals surface area contributed by atoms with Gasteiger partial charge in [-0.15, -0.1) is 11.3 Å². The second-order valence-corrected chi connectivity index (χ2v) is 17.8. The molecule has 0 aliphatic carbocycles. The van der Waals surface area contributed by atoms with Gasteiger partial charge in [-0.2, -0.15) is 0 Å². The Bertz CT molecular complexity index is 2010. The van der Waals surface area contributed by atoms with Crippen molar-refractivity contribution < 1.29 is 27.0 Å². The van der Waals surface area contributed by atoms with Gasteiger partial charge in [-0.25, -0.2) is 22.9 Å². The number of para-hydroxylation sites is 1. The normalized spacial score (nSPS) is 20.8. The van der Waals surface area contributed by atoms with E-state index in [1.165, 1.54) is 23.8 Å². The summed E-state index contributed by atoms with van der Waals surface area (Å²) in [6.07, 6.45) is 6.06. The molecule has 2 fully saturated rings. The number of benzene rings is 1. The van der Waals surface area contributed by atoms with E-state index >= 15 is 0 Å². The molecular formula is C34H44N4O8S2. The van der Waals surface area contributed by atoms with Crippen molar-refractivity contribution in [2.24, 2.45) is 0 Å². The molecular weight excluding hydrogens is 657 g/mol. The molecule has 0 unspecified atom stereocenters. The molecule has 0 radical (unpaired) electrons. The van der Waals surface area contributed by atoms with E-state index < -0.39 is 37.7 Å². The molecule has 2 saturated heterocycles. The number of methoxy groups -OCH3 is 1. The van der Waals surface area contributed by atoms with Crippen LogP contribution in [0.5, 0.6) is 5.75 Å². The van der Waals surface area contributed by atoms with E-state index in [4.69, 9.17) is 18.6 Å². The zero-order chi connectivity index (χ0) is 34.6. The molecule has 260 valence electrons. The Kier molecular flexibility index (Phi) is 9.26. The molecule has 4 atom stereocenters. The monoisotopic (exact) mass is 700 g/mol. The lowest BCUT2D eigenvalue weighted by Gasteiger charge is -2.33. The highest BCUT2D eigenvalue weighted by Crippen LogP contribution is 2.40. The fourth-order valence-electron chi connectivity index (χ4n) is 6.61. The second-order valence-electron chi connectivity index (χ2n) is 14.3. The molecule has 14 heteroatoms. The van der Waals surface area contributed by atoms with Crippen molar-refractivity contribution in [2.45, 2.75) is 108 Å². The number of ether oxygens (including phenoxy) is 3. The minimum atomic E-state index is -3.77. The third-order valence-corrected chi connectivity index (χ3v) is 12.8. The summed E-state index contributed by atoms with van der Waals surface area (Å²) in [6, 6.07) is 7.57. The number of nitrogens with one attached hydrogen (secondary N) is 1. The van der Waals surface area contributed by atoms with Crippen molar-refractivity contribution in [1.29, 1.82) is 0 Å². The van der Waals surface area contributed by atoms with Gasteiger partial charge in [0, 0.05) is 12.1 Å². The van der Waals surface area contributed by atoms with E-state index in [1.807, 2.05) is 24.3 Å². The summed E-state index contributed by atoms with van der Waals surface area (Å²) in [4.78, 5) is 34.5. The second kappa shape index (κ2) is 12.9. The summed E-state index contributed by atoms with van der Waals surface area (Å²) in [5.41, 5.74) is -0.959. The fourth-order valence-corrected chi connectivity index (χ4v) is 8.83. The molecule has 3 aromatic heterocycles. The number of rotatable bonds is 11. The number of fused-ring (bicyclic) bond motifs is 3. The number of thiophene rings is 1. The first-order valence-corrected chi connectivity index (χ1v) is 18.5. The minimum Gasteiger partial charge on any atom is -0.496 e. The SMILES string of the molecule is COc1ccccc1[C@H](Cn1c(=O)n(C(C)(C)CNS(=O)(=O)C(C)(C)C)c(=O)c2c(C)c(-c3ncco3)sc21)O[C@@H]1C[C@H]2CC[C@@H](C1)O2. The fraction of sp³-hybridized carbons (Fsp3) is 0.559. The van der Waals surface area contributed by atoms with Crippen LogP contribution in [0, 0.1) is 6.92 Å². The Hall–Kier alpha value is -3.30. The highest BCUT2D eigenvalue weighted by molar-refractivity contribution is 7.90. The van der Waals surface area contributed by atoms with Crippen molar-refractivity contribution in [3.8, 4) is 16.5 Å². The van der Waals surface area contributed by atoms with Gasteiger partial charge >= 0.3 is 5.69 Å². The average molecular weight is 701 g/mol. The predicted molar refractivity (Wildman–Crippen MR) is 184 cm³/mol. The first-order chi connectivity index (χ1) is 22.6. The molecule has 4 aromatic rings. The Morgan fingerprint density at radius 1 is 1.10 bits per heavy atom. The number of sulfonamides is 1. The molecule has 0 saturated carbocycles. The van der Waals surface area contributed by atoms with Gasteiger partial charge < -0.3 is 18.6 Å². The molecule has 12 nitrogen and oxygen atoms in total. The summed E-state index contributed by atoms with van der Waals surface area (Å²) >= 11 is 1.26. The summed E-state index contributed by atoms with van der Waals surface area (Å²) < 4.78 is 54.7. The molecule has 5 heterocycles. The molecule has 1 N–H and O–H groups in total. The number of hydrogen-bond donors (Lipinski definition) is 1. The Balaban J connectivity index is 1.52. The molecule has 48 heavy (non-hydrogen) atoms. The standard InChI is InChI=1S/C34H44N4O8S2/c1-20-27-30(39)38(34(5,6)19-36-48(41,42)33(2,3)4)32(40)37(31(27)47-28(20)29-35-14-15-44-29)18-26(24-10-8-9-11-25(24)43-7)46-23-16-21-12-13-22(17-23)45-21/h8-11,14-15,21-23,26,36H,12-13,16-19H2,1-7H3/t21-,22+,23-,26-/m0/s1. The van der Waals surface area contributed by atoms with Crippen molar-refractivity contribution in [2.75, 3.05) is 13.7 Å². The lowest BCUT2D eigenvalue weighted by molar-refractivity contribution is -0.109. The van der Waals surface area contributed by atoms with Crippen molar-refractivity contribution in [1.82, 2.24) is 18.8 Å². The van der Waals surface area contributed by atoms with Crippen LogP contribution in [0.4, 0.5) is 0 Å². The number of hydrogen-bond acceptors (Lipinski definition) is 10. The van der Waals surface area contributed by atoms with Crippen LogP contribution < -0.4 is 20.7 Å². The third-order valence-electron chi connectivity index (χ3n) is 9.38. The topological polar surface area (TPSA) is 144 Å². The molecule has 2 bridgehead atoms. The quantitative estimate of drug-likeness (QED) is 0.226. The summed E-state index contributed by atoms with van der Waals surface area (Å²) in [5, 5.41) is 0.336. The molecule has 0 spiro atoms. The number of aryl methyl sites for hydroxylation is 1. The van der Waals surface area contributed by atoms with Crippen molar-refractivity contribution >= 4 is 31.6 Å². The van der Waals surface area contributed by atoms with E-state index in [9.17, 15) is 18.0 Å². The predicted octanol–water partition coefficient (Wildman–Crippen LogP) is 5.12. The van der Waals surface area contributed by atoms with Crippen LogP contribution in [0.25, 0.3) is 21.0 Å². The summed E-state index contributed by atoms with van der Waals surface area (Å²) in [6.45, 7) is 9.83. The zero-order valence-corrected chi connectivity index (χ0v) is 30.1. The van der Waals surface area contributed by atoms with Crippen LogP contribution in [0.2, 0.25) is 0 Å². The van der Waals surface area contributed by atoms with Crippen LogP contribution in [0.3, 0.4) is 0 Å². The Labute approximate surface area is 284 Å². The van der Waals surface area contributed by atoms with Gasteiger partial charge in [0.1, 0.15) is 22.9 Å². The maximum Gasteiger partial charge on any atom is 0.332 e. The van der Waals surface area contributed by atoms with Gasteiger partial charge in [-0.1, -0.05) is 18.2 Å². The Morgan fingerprint density at radius 2 is 1.79 bits per heavy atom. The van der Waals surface area contributed by atoms with E-state index in [1.54, 1.807) is 53.2 Å². The van der Waals surface area contributed by atoms with Crippen LogP contribution in [0.1, 0.15) is 77.5 Å². The van der Waals surface area contributed by atoms with Crippen LogP contribution in [-0.2, 0) is 31.6 Å². The smallest absolute Gasteiger partial charge is 0.332 e. The molecule has 2 aliphatic heterocycles. The molecule has 1 aromatic carbocycles. The molecule has 2 aliphatic rings. The van der Waals surface area contributed by atoms with E-state index in [0.29, 0.717) is 32.3 Å². The molecule has 0 amide bonds. The van der Waals surface area contributed by atoms with Gasteiger partial charge in [0.15, 0.2) is 0 Å². The lowest BCUT2D eigenvalue weighted by Crippen LogP contribution is -2.55. The number of oxazole rings is 1. The number of nitrogens with zero attached hydrogens (tertiary/aromatic N) is 3. The lowest BCUT2D eigenvalue weighted by atomic mass is 10.0. The largest absolute Gasteiger partial charge is 0.496 e. The zero-order valence-electron chi connectivity index (χ0n) is 28.4. The summed E-state index contributed by atoms with van der Waals surface area (Å²) in [7, 11) is -2.17. The van der Waals surface area contributed by atoms with Crippen LogP contribution in [-0.4, -0.2) is 59.2 Å². The van der Waals surface area contributed by atoms with Crippen LogP contribution >= 0.6 is 11.3 Å². The maximum atomic E-state index is 14.7. The van der Waals surface area contributed by atoms with Crippen molar-refractivity contribution in [3.05, 3.63) is 68.7 Å². The first kappa shape index (κ1) is 34.6. The first-order valence-electron chi connectivity index (χ1n) is 16.2. The highest BCUT2D eigenvalue weighted by atomic mass is 32.2. The van der Waals surface area contributed by atoms with E-state index in [0.717, 1.165) is 35.8 Å². The van der Waals surface area contributed by atoms with Gasteiger partial charge in [0.05, 0.1) is 58.7 Å². The van der Waals surface area contributed by atoms with Gasteiger partial charge in [-0.05, 0) is 78.9 Å². The number of aromatic nitrogens is 3. The third kappa shape index (κ3) is 6.40. The van der Waals surface area contributed by atoms with Crippen molar-refractivity contribution in [3.63, 3.8) is 0 Å². The Morgan fingerprint density at radius 3 is 2.42 bits per heavy atom. The van der Waals surface area contributed by atoms with Crippen LogP contribution in [0.15, 0.2) is 50.7 Å². The summed E-state index contributed by atoms with van der Waals surface area (Å²) in [5.74, 6) is 0.959.